The number of benzene rings is 2. The Morgan fingerprint density at radius 3 is 2.79 bits per heavy atom. The molecule has 2 aromatic heterocycles. The quantitative estimate of drug-likeness (QED) is 0.399. The molecule has 11 heteroatoms. The minimum Gasteiger partial charge on any atom is -0.490 e. The molecule has 0 aliphatic carbocycles. The molecular formula is C27H28N6O5. The van der Waals surface area contributed by atoms with Crippen LogP contribution < -0.4 is 9.47 Å². The zero-order valence-corrected chi connectivity index (χ0v) is 21.0. The number of Topliss-reactive ketones (excluding diaryl/α,β-unsaturated/α-hetero) is 1. The first-order chi connectivity index (χ1) is 18.5. The molecule has 2 aromatic carbocycles. The van der Waals surface area contributed by atoms with E-state index in [1.807, 2.05) is 36.2 Å². The van der Waals surface area contributed by atoms with Crippen LogP contribution in [0.3, 0.4) is 0 Å². The van der Waals surface area contributed by atoms with Gasteiger partial charge in [0, 0.05) is 55.2 Å². The van der Waals surface area contributed by atoms with E-state index in [-0.39, 0.29) is 31.3 Å². The van der Waals surface area contributed by atoms with Crippen LogP contribution in [0.5, 0.6) is 11.5 Å². The molecule has 1 saturated heterocycles. The van der Waals surface area contributed by atoms with Crippen molar-refractivity contribution in [3.63, 3.8) is 0 Å². The summed E-state index contributed by atoms with van der Waals surface area (Å²) in [4.78, 5) is 28.5. The summed E-state index contributed by atoms with van der Waals surface area (Å²) in [6, 6.07) is 11.0. The summed E-state index contributed by atoms with van der Waals surface area (Å²) in [5, 5.41) is 24.1. The Hall–Kier alpha value is -4.25. The van der Waals surface area contributed by atoms with Crippen molar-refractivity contribution in [3.8, 4) is 22.9 Å². The summed E-state index contributed by atoms with van der Waals surface area (Å²) in [6.07, 6.45) is 3.33. The number of rotatable bonds is 6. The minimum absolute atomic E-state index is 0.00724. The molecule has 4 heterocycles. The molecule has 4 aromatic rings. The highest BCUT2D eigenvalue weighted by atomic mass is 16.5. The second kappa shape index (κ2) is 9.56. The maximum atomic E-state index is 13.6. The third-order valence-corrected chi connectivity index (χ3v) is 7.44. The van der Waals surface area contributed by atoms with Gasteiger partial charge in [-0.1, -0.05) is 0 Å². The lowest BCUT2D eigenvalue weighted by Crippen LogP contribution is -2.52. The first kappa shape index (κ1) is 24.1. The molecule has 11 nitrogen and oxygen atoms in total. The largest absolute Gasteiger partial charge is 0.490 e. The van der Waals surface area contributed by atoms with Crippen molar-refractivity contribution in [2.45, 2.75) is 38.3 Å². The lowest BCUT2D eigenvalue weighted by Gasteiger charge is -2.44. The number of tetrazole rings is 1. The predicted octanol–water partition coefficient (Wildman–Crippen LogP) is 2.85. The molecule has 0 saturated carbocycles. The number of nitrogens with zero attached hydrogens (tertiary/aromatic N) is 5. The first-order valence-corrected chi connectivity index (χ1v) is 12.8. The van der Waals surface area contributed by atoms with E-state index in [0.29, 0.717) is 59.9 Å². The normalized spacial score (nSPS) is 16.5. The number of amides is 1. The number of aliphatic hydroxyl groups excluding tert-OH is 1. The van der Waals surface area contributed by atoms with E-state index < -0.39 is 5.60 Å². The molecule has 38 heavy (non-hydrogen) atoms. The van der Waals surface area contributed by atoms with Gasteiger partial charge in [0.05, 0.1) is 24.1 Å². The molecule has 0 atom stereocenters. The molecular weight excluding hydrogens is 488 g/mol. The number of carbonyl (C=O) groups is 2. The monoisotopic (exact) mass is 516 g/mol. The SMILES string of the molecule is CCn1ccc2c(OCCO)cc(C(=O)N3CCC4(CC3)CC(=O)c3cc(-c5nn[nH]n5)ccc3O4)cc21. The Morgan fingerprint density at radius 1 is 1.21 bits per heavy atom. The average molecular weight is 517 g/mol. The van der Waals surface area contributed by atoms with Crippen molar-refractivity contribution in [2.24, 2.45) is 0 Å². The number of aryl methyl sites for hydroxylation is 1. The molecule has 0 radical (unpaired) electrons. The molecule has 1 amide bonds. The van der Waals surface area contributed by atoms with Crippen LogP contribution in [0, 0.1) is 0 Å². The first-order valence-electron chi connectivity index (χ1n) is 12.8. The number of ether oxygens (including phenoxy) is 2. The van der Waals surface area contributed by atoms with Crippen molar-refractivity contribution in [2.75, 3.05) is 26.3 Å². The fraction of sp³-hybridized carbons (Fsp3) is 0.370. The number of carbonyl (C=O) groups excluding carboxylic acids is 2. The summed E-state index contributed by atoms with van der Waals surface area (Å²) in [6.45, 7) is 3.80. The van der Waals surface area contributed by atoms with Crippen molar-refractivity contribution < 1.29 is 24.2 Å². The number of ketones is 1. The highest BCUT2D eigenvalue weighted by Gasteiger charge is 2.44. The van der Waals surface area contributed by atoms with Crippen LogP contribution >= 0.6 is 0 Å². The Morgan fingerprint density at radius 2 is 2.05 bits per heavy atom. The number of fused-ring (bicyclic) bond motifs is 2. The van der Waals surface area contributed by atoms with E-state index in [9.17, 15) is 14.7 Å². The van der Waals surface area contributed by atoms with Crippen LogP contribution in [0.2, 0.25) is 0 Å². The Balaban J connectivity index is 1.20. The number of aromatic amines is 1. The van der Waals surface area contributed by atoms with Crippen LogP contribution in [-0.4, -0.2) is 78.8 Å². The highest BCUT2D eigenvalue weighted by Crippen LogP contribution is 2.41. The number of aromatic nitrogens is 5. The van der Waals surface area contributed by atoms with Gasteiger partial charge in [0.1, 0.15) is 23.7 Å². The number of hydrogen-bond donors (Lipinski definition) is 2. The van der Waals surface area contributed by atoms with E-state index in [0.717, 1.165) is 17.4 Å². The zero-order chi connectivity index (χ0) is 26.3. The van der Waals surface area contributed by atoms with Gasteiger partial charge in [0.2, 0.25) is 5.82 Å². The Kier molecular flexibility index (Phi) is 6.07. The Bertz CT molecular complexity index is 1500. The topological polar surface area (TPSA) is 135 Å². The van der Waals surface area contributed by atoms with Gasteiger partial charge in [-0.05, 0) is 48.5 Å². The summed E-state index contributed by atoms with van der Waals surface area (Å²) in [7, 11) is 0. The van der Waals surface area contributed by atoms with Gasteiger partial charge in [-0.15, -0.1) is 10.2 Å². The lowest BCUT2D eigenvalue weighted by molar-refractivity contribution is -0.00570. The number of hydrogen-bond acceptors (Lipinski definition) is 8. The minimum atomic E-state index is -0.634. The van der Waals surface area contributed by atoms with Crippen LogP contribution in [-0.2, 0) is 6.54 Å². The predicted molar refractivity (Wildman–Crippen MR) is 137 cm³/mol. The van der Waals surface area contributed by atoms with Gasteiger partial charge in [0.25, 0.3) is 5.91 Å². The van der Waals surface area contributed by atoms with Crippen molar-refractivity contribution in [3.05, 3.63) is 53.7 Å². The van der Waals surface area contributed by atoms with Crippen molar-refractivity contribution >= 4 is 22.6 Å². The summed E-state index contributed by atoms with van der Waals surface area (Å²) in [5.41, 5.74) is 2.02. The lowest BCUT2D eigenvalue weighted by atomic mass is 9.82. The molecule has 0 bridgehead atoms. The maximum Gasteiger partial charge on any atom is 0.254 e. The van der Waals surface area contributed by atoms with Gasteiger partial charge in [-0.3, -0.25) is 9.59 Å². The van der Waals surface area contributed by atoms with Gasteiger partial charge in [0.15, 0.2) is 5.78 Å². The smallest absolute Gasteiger partial charge is 0.254 e. The summed E-state index contributed by atoms with van der Waals surface area (Å²) >= 11 is 0. The molecule has 1 spiro atoms. The second-order valence-electron chi connectivity index (χ2n) is 9.70. The second-order valence-corrected chi connectivity index (χ2v) is 9.70. The van der Waals surface area contributed by atoms with Gasteiger partial charge in [-0.25, -0.2) is 0 Å². The molecule has 1 fully saturated rings. The van der Waals surface area contributed by atoms with E-state index in [1.54, 1.807) is 18.2 Å². The molecule has 0 unspecified atom stereocenters. The van der Waals surface area contributed by atoms with E-state index in [1.165, 1.54) is 0 Å². The Labute approximate surface area is 218 Å². The average Bonchev–Trinajstić information content (AvgIpc) is 3.62. The fourth-order valence-corrected chi connectivity index (χ4v) is 5.43. The van der Waals surface area contributed by atoms with Crippen LogP contribution in [0.15, 0.2) is 42.6 Å². The molecule has 2 aliphatic heterocycles. The number of likely N-dealkylation sites (tertiary alicyclic amines) is 1. The van der Waals surface area contributed by atoms with E-state index in [4.69, 9.17) is 9.47 Å². The molecule has 2 aliphatic rings. The number of H-pyrrole nitrogens is 1. The van der Waals surface area contributed by atoms with Gasteiger partial charge < -0.3 is 24.0 Å². The summed E-state index contributed by atoms with van der Waals surface area (Å²) < 4.78 is 14.2. The zero-order valence-electron chi connectivity index (χ0n) is 21.0. The third kappa shape index (κ3) is 4.18. The number of nitrogens with one attached hydrogen (secondary N) is 1. The fourth-order valence-electron chi connectivity index (χ4n) is 5.43. The highest BCUT2D eigenvalue weighted by molar-refractivity contribution is 6.02. The van der Waals surface area contributed by atoms with Crippen molar-refractivity contribution in [1.82, 2.24) is 30.1 Å². The summed E-state index contributed by atoms with van der Waals surface area (Å²) in [5.74, 6) is 1.46. The maximum absolute atomic E-state index is 13.6. The number of piperidine rings is 1. The van der Waals surface area contributed by atoms with Crippen LogP contribution in [0.1, 0.15) is 46.9 Å². The van der Waals surface area contributed by atoms with Crippen LogP contribution in [0.4, 0.5) is 0 Å². The van der Waals surface area contributed by atoms with Crippen LogP contribution in [0.25, 0.3) is 22.3 Å². The molecule has 2 N–H and O–H groups in total. The van der Waals surface area contributed by atoms with E-state index >= 15 is 0 Å². The van der Waals surface area contributed by atoms with Gasteiger partial charge >= 0.3 is 0 Å². The standard InChI is InChI=1S/C27H28N6O5/c1-2-32-8-5-19-21(32)14-18(15-24(19)37-12-11-34)26(36)33-9-6-27(7-10-33)16-22(35)20-13-17(3-4-23(20)38-27)25-28-30-31-29-25/h3-5,8,13-15,34H,2,6-7,9-12,16H2,1H3,(H,28,29,30,31). The molecule has 6 rings (SSSR count). The van der Waals surface area contributed by atoms with Crippen molar-refractivity contribution in [1.29, 1.82) is 0 Å². The number of aliphatic hydroxyl groups is 1. The van der Waals surface area contributed by atoms with E-state index in [2.05, 4.69) is 25.2 Å². The third-order valence-electron chi connectivity index (χ3n) is 7.44. The van der Waals surface area contributed by atoms with Gasteiger partial charge in [-0.2, -0.15) is 5.21 Å². The molecule has 196 valence electrons.